The Labute approximate surface area is 169 Å². The predicted molar refractivity (Wildman–Crippen MR) is 114 cm³/mol. The first kappa shape index (κ1) is 19.2. The number of nitrogens with zero attached hydrogens (tertiary/aromatic N) is 1. The molecule has 2 aromatic heterocycles. The van der Waals surface area contributed by atoms with E-state index >= 15 is 0 Å². The van der Waals surface area contributed by atoms with Gasteiger partial charge in [0.15, 0.2) is 5.82 Å². The van der Waals surface area contributed by atoms with Crippen molar-refractivity contribution in [3.05, 3.63) is 57.0 Å². The van der Waals surface area contributed by atoms with Crippen molar-refractivity contribution in [3.63, 3.8) is 0 Å². The van der Waals surface area contributed by atoms with Gasteiger partial charge in [0.25, 0.3) is 5.56 Å². The van der Waals surface area contributed by atoms with Crippen LogP contribution < -0.4 is 15.2 Å². The molecule has 148 valence electrons. The van der Waals surface area contributed by atoms with Crippen LogP contribution in [0.4, 0.5) is 0 Å². The van der Waals surface area contributed by atoms with E-state index in [1.54, 1.807) is 11.3 Å². The van der Waals surface area contributed by atoms with Gasteiger partial charge in [-0.3, -0.25) is 4.79 Å². The molecule has 5 nitrogen and oxygen atoms in total. The summed E-state index contributed by atoms with van der Waals surface area (Å²) in [6.07, 6.45) is 3.23. The van der Waals surface area contributed by atoms with Crippen LogP contribution in [-0.4, -0.2) is 30.2 Å². The number of H-pyrrole nitrogens is 1. The van der Waals surface area contributed by atoms with E-state index in [-0.39, 0.29) is 11.6 Å². The smallest absolute Gasteiger partial charge is 0.260 e. The number of aromatic amines is 1. The largest absolute Gasteiger partial charge is 0.488 e. The van der Waals surface area contributed by atoms with Crippen molar-refractivity contribution in [1.82, 2.24) is 9.97 Å². The quantitative estimate of drug-likeness (QED) is 0.671. The highest BCUT2D eigenvalue weighted by molar-refractivity contribution is 7.18. The fourth-order valence-corrected chi connectivity index (χ4v) is 5.26. The lowest BCUT2D eigenvalue weighted by atomic mass is 9.89. The molecule has 1 aliphatic rings. The Bertz CT molecular complexity index is 1010. The lowest BCUT2D eigenvalue weighted by molar-refractivity contribution is -0.910. The maximum Gasteiger partial charge on any atom is 0.260 e. The highest BCUT2D eigenvalue weighted by atomic mass is 32.1. The van der Waals surface area contributed by atoms with Crippen LogP contribution >= 0.6 is 11.3 Å². The lowest BCUT2D eigenvalue weighted by Gasteiger charge is -2.21. The molecule has 0 spiro atoms. The van der Waals surface area contributed by atoms with Crippen LogP contribution in [0.2, 0.25) is 0 Å². The summed E-state index contributed by atoms with van der Waals surface area (Å²) in [6, 6.07) is 9.94. The molecule has 0 bridgehead atoms. The number of rotatable bonds is 6. The van der Waals surface area contributed by atoms with Gasteiger partial charge < -0.3 is 14.6 Å². The van der Waals surface area contributed by atoms with Gasteiger partial charge in [-0.15, -0.1) is 11.3 Å². The van der Waals surface area contributed by atoms with Gasteiger partial charge in [-0.25, -0.2) is 4.98 Å². The second kappa shape index (κ2) is 8.05. The van der Waals surface area contributed by atoms with Gasteiger partial charge >= 0.3 is 0 Å². The molecule has 3 atom stereocenters. The number of nitrogens with one attached hydrogen (secondary N) is 2. The number of quaternary nitrogens is 1. The maximum atomic E-state index is 12.8. The van der Waals surface area contributed by atoms with Crippen LogP contribution in [0.5, 0.6) is 5.75 Å². The standard InChI is InChI=1S/C22H27N3O2S/c1-14-9-10-17-18(13-14)28-22-19(17)21(26)23-20(24-22)15(2)25(3)11-12-27-16-7-5-4-6-8-16/h4-8,14-15H,9-13H2,1-3H3,(H,23,24,26)/p+1/t14-,15+/m1/s1. The summed E-state index contributed by atoms with van der Waals surface area (Å²) in [4.78, 5) is 24.3. The number of para-hydroxylation sites is 1. The van der Waals surface area contributed by atoms with Gasteiger partial charge in [-0.2, -0.15) is 0 Å². The van der Waals surface area contributed by atoms with Gasteiger partial charge in [0.2, 0.25) is 0 Å². The SMILES string of the molecule is C[C@@H]1CCc2c(sc3nc([C@H](C)[NH+](C)CCOc4ccccc4)[nH]c(=O)c23)C1. The van der Waals surface area contributed by atoms with Gasteiger partial charge in [-0.1, -0.05) is 25.1 Å². The average molecular weight is 399 g/mol. The summed E-state index contributed by atoms with van der Waals surface area (Å²) in [5.74, 6) is 2.34. The zero-order chi connectivity index (χ0) is 19.7. The van der Waals surface area contributed by atoms with Crippen LogP contribution in [-0.2, 0) is 12.8 Å². The average Bonchev–Trinajstić information content (AvgIpc) is 3.05. The molecular formula is C22H28N3O2S+. The molecule has 0 saturated carbocycles. The van der Waals surface area contributed by atoms with Crippen molar-refractivity contribution in [2.45, 2.75) is 39.2 Å². The van der Waals surface area contributed by atoms with E-state index in [9.17, 15) is 4.79 Å². The van der Waals surface area contributed by atoms with E-state index < -0.39 is 0 Å². The molecule has 0 aliphatic heterocycles. The van der Waals surface area contributed by atoms with E-state index in [2.05, 4.69) is 25.9 Å². The van der Waals surface area contributed by atoms with Crippen LogP contribution in [0.15, 0.2) is 35.1 Å². The van der Waals surface area contributed by atoms with Crippen LogP contribution in [0, 0.1) is 5.92 Å². The Balaban J connectivity index is 1.49. The van der Waals surface area contributed by atoms with Crippen molar-refractivity contribution < 1.29 is 9.64 Å². The predicted octanol–water partition coefficient (Wildman–Crippen LogP) is 2.76. The molecule has 0 amide bonds. The molecule has 4 rings (SSSR count). The summed E-state index contributed by atoms with van der Waals surface area (Å²) in [5, 5.41) is 0.827. The number of aromatic nitrogens is 2. The number of hydrogen-bond donors (Lipinski definition) is 2. The number of ether oxygens (including phenoxy) is 1. The number of fused-ring (bicyclic) bond motifs is 3. The summed E-state index contributed by atoms with van der Waals surface area (Å²) in [6.45, 7) is 5.85. The highest BCUT2D eigenvalue weighted by Crippen LogP contribution is 2.35. The normalized spacial score (nSPS) is 18.6. The third kappa shape index (κ3) is 3.84. The first-order chi connectivity index (χ1) is 13.5. The second-order valence-electron chi connectivity index (χ2n) is 7.96. The Hall–Kier alpha value is -2.18. The summed E-state index contributed by atoms with van der Waals surface area (Å²) >= 11 is 1.71. The molecule has 0 fully saturated rings. The maximum absolute atomic E-state index is 12.8. The number of aryl methyl sites for hydroxylation is 1. The fourth-order valence-electron chi connectivity index (χ4n) is 3.87. The van der Waals surface area contributed by atoms with Crippen molar-refractivity contribution >= 4 is 21.6 Å². The summed E-state index contributed by atoms with van der Waals surface area (Å²) < 4.78 is 5.81. The third-order valence-electron chi connectivity index (χ3n) is 5.84. The fraction of sp³-hybridized carbons (Fsp3) is 0.455. The van der Waals surface area contributed by atoms with E-state index in [0.29, 0.717) is 12.5 Å². The molecule has 28 heavy (non-hydrogen) atoms. The molecule has 2 heterocycles. The van der Waals surface area contributed by atoms with Gasteiger partial charge in [0, 0.05) is 4.88 Å². The molecule has 0 saturated heterocycles. The first-order valence-corrected chi connectivity index (χ1v) is 10.9. The van der Waals surface area contributed by atoms with Crippen molar-refractivity contribution in [3.8, 4) is 5.75 Å². The number of hydrogen-bond acceptors (Lipinski definition) is 4. The van der Waals surface area contributed by atoms with Crippen molar-refractivity contribution in [1.29, 1.82) is 0 Å². The minimum absolute atomic E-state index is 0.0206. The van der Waals surface area contributed by atoms with Crippen LogP contribution in [0.25, 0.3) is 10.2 Å². The Morgan fingerprint density at radius 1 is 1.36 bits per heavy atom. The molecule has 6 heteroatoms. The molecular weight excluding hydrogens is 370 g/mol. The van der Waals surface area contributed by atoms with E-state index in [0.717, 1.165) is 47.6 Å². The zero-order valence-corrected chi connectivity index (χ0v) is 17.6. The minimum Gasteiger partial charge on any atom is -0.488 e. The van der Waals surface area contributed by atoms with E-state index in [4.69, 9.17) is 9.72 Å². The number of thiophene rings is 1. The van der Waals surface area contributed by atoms with E-state index in [1.807, 2.05) is 30.3 Å². The highest BCUT2D eigenvalue weighted by Gasteiger charge is 2.25. The third-order valence-corrected chi connectivity index (χ3v) is 6.99. The lowest BCUT2D eigenvalue weighted by Crippen LogP contribution is -3.09. The summed E-state index contributed by atoms with van der Waals surface area (Å²) in [7, 11) is 2.12. The van der Waals surface area contributed by atoms with Gasteiger partial charge in [0.1, 0.15) is 29.8 Å². The van der Waals surface area contributed by atoms with Crippen molar-refractivity contribution in [2.75, 3.05) is 20.2 Å². The van der Waals surface area contributed by atoms with E-state index in [1.165, 1.54) is 15.3 Å². The number of likely N-dealkylation sites (N-methyl/N-ethyl adjacent to an activating group) is 1. The summed E-state index contributed by atoms with van der Waals surface area (Å²) in [5.41, 5.74) is 1.26. The molecule has 1 aromatic carbocycles. The van der Waals surface area contributed by atoms with Crippen LogP contribution in [0.1, 0.15) is 42.6 Å². The Kier molecular flexibility index (Phi) is 5.51. The Morgan fingerprint density at radius 3 is 2.93 bits per heavy atom. The molecule has 1 unspecified atom stereocenters. The molecule has 0 radical (unpaired) electrons. The minimum atomic E-state index is 0.0206. The van der Waals surface area contributed by atoms with Crippen LogP contribution in [0.3, 0.4) is 0 Å². The molecule has 3 aromatic rings. The zero-order valence-electron chi connectivity index (χ0n) is 16.7. The monoisotopic (exact) mass is 398 g/mol. The van der Waals surface area contributed by atoms with Gasteiger partial charge in [0.05, 0.1) is 12.4 Å². The first-order valence-electron chi connectivity index (χ1n) is 10.1. The topological polar surface area (TPSA) is 59.4 Å². The van der Waals surface area contributed by atoms with Gasteiger partial charge in [-0.05, 0) is 49.8 Å². The number of benzene rings is 1. The second-order valence-corrected chi connectivity index (χ2v) is 9.05. The molecule has 1 aliphatic carbocycles. The molecule has 2 N–H and O–H groups in total. The van der Waals surface area contributed by atoms with Crippen molar-refractivity contribution in [2.24, 2.45) is 5.92 Å². The Morgan fingerprint density at radius 2 is 2.14 bits per heavy atom.